The monoisotopic (exact) mass is 562 g/mol. The molecule has 0 spiro atoms. The van der Waals surface area contributed by atoms with Crippen molar-refractivity contribution in [1.82, 2.24) is 14.9 Å². The summed E-state index contributed by atoms with van der Waals surface area (Å²) in [6, 6.07) is 5.57. The van der Waals surface area contributed by atoms with Crippen molar-refractivity contribution < 1.29 is 18.8 Å². The molecule has 2 aliphatic heterocycles. The maximum Gasteiger partial charge on any atom is 0.277 e. The number of anilines is 3. The molecule has 0 bridgehead atoms. The number of piperazine rings is 1. The van der Waals surface area contributed by atoms with Crippen molar-refractivity contribution in [2.45, 2.75) is 50.9 Å². The Morgan fingerprint density at radius 3 is 2.62 bits per heavy atom. The number of carbonyl (C=O) groups excluding carboxylic acids is 3. The summed E-state index contributed by atoms with van der Waals surface area (Å²) in [4.78, 5) is 53.3. The number of unbranched alkanes of at least 4 members (excludes halogenated alkanes) is 1. The number of nitrogens with one attached hydrogen (secondary N) is 1. The van der Waals surface area contributed by atoms with Gasteiger partial charge in [-0.15, -0.1) is 11.3 Å². The van der Waals surface area contributed by atoms with E-state index in [1.165, 1.54) is 6.26 Å². The molecule has 3 aromatic rings. The maximum atomic E-state index is 13.2. The minimum Gasteiger partial charge on any atom is -0.448 e. The maximum absolute atomic E-state index is 13.2. The Labute approximate surface area is 237 Å². The van der Waals surface area contributed by atoms with Crippen molar-refractivity contribution in [3.63, 3.8) is 0 Å². The Morgan fingerprint density at radius 1 is 1.07 bits per heavy atom. The summed E-state index contributed by atoms with van der Waals surface area (Å²) in [7, 11) is 0. The van der Waals surface area contributed by atoms with Crippen molar-refractivity contribution in [3.05, 3.63) is 53.2 Å². The Hall–Kier alpha value is -3.73. The van der Waals surface area contributed by atoms with Gasteiger partial charge in [0.25, 0.3) is 5.91 Å². The van der Waals surface area contributed by atoms with Crippen LogP contribution >= 0.6 is 11.3 Å². The lowest BCUT2D eigenvalue weighted by Gasteiger charge is -2.36. The largest absolute Gasteiger partial charge is 0.448 e. The second-order valence-corrected chi connectivity index (χ2v) is 11.6. The van der Waals surface area contributed by atoms with Gasteiger partial charge in [0, 0.05) is 75.2 Å². The van der Waals surface area contributed by atoms with Crippen LogP contribution in [0.4, 0.5) is 16.5 Å². The first-order chi connectivity index (χ1) is 19.5. The van der Waals surface area contributed by atoms with Crippen LogP contribution in [0.5, 0.6) is 0 Å². The molecule has 0 radical (unpaired) electrons. The molecular weight excluding hydrogens is 528 g/mol. The SMILES string of the molecule is O=C(CCCCN1CCCC1=O)c1ccc(N2CCN(c3nccs3)CC2)c(NC(=O)c2coc(C3CC3)n2)c1. The number of ketones is 1. The number of likely N-dealkylation sites (tertiary alicyclic amines) is 1. The van der Waals surface area contributed by atoms with E-state index in [1.807, 2.05) is 28.6 Å². The number of amides is 2. The lowest BCUT2D eigenvalue weighted by atomic mass is 10.0. The second-order valence-electron chi connectivity index (χ2n) is 10.7. The van der Waals surface area contributed by atoms with Crippen LogP contribution in [-0.2, 0) is 4.79 Å². The van der Waals surface area contributed by atoms with Crippen molar-refractivity contribution in [1.29, 1.82) is 0 Å². The Balaban J connectivity index is 1.14. The Morgan fingerprint density at radius 2 is 1.90 bits per heavy atom. The van der Waals surface area contributed by atoms with E-state index in [0.29, 0.717) is 48.9 Å². The lowest BCUT2D eigenvalue weighted by molar-refractivity contribution is -0.127. The third-order valence-electron chi connectivity index (χ3n) is 7.81. The molecule has 3 fully saturated rings. The number of oxazole rings is 1. The van der Waals surface area contributed by atoms with E-state index in [4.69, 9.17) is 4.42 Å². The number of hydrogen-bond donors (Lipinski definition) is 1. The van der Waals surface area contributed by atoms with Crippen molar-refractivity contribution >= 4 is 45.4 Å². The molecule has 6 rings (SSSR count). The normalized spacial score (nSPS) is 17.5. The first-order valence-corrected chi connectivity index (χ1v) is 15.0. The highest BCUT2D eigenvalue weighted by Crippen LogP contribution is 2.39. The van der Waals surface area contributed by atoms with Gasteiger partial charge in [-0.3, -0.25) is 14.4 Å². The van der Waals surface area contributed by atoms with Gasteiger partial charge in [0.15, 0.2) is 22.5 Å². The predicted octanol–water partition coefficient (Wildman–Crippen LogP) is 4.56. The summed E-state index contributed by atoms with van der Waals surface area (Å²) in [5.74, 6) is 0.823. The number of aromatic nitrogens is 2. The highest BCUT2D eigenvalue weighted by molar-refractivity contribution is 7.13. The van der Waals surface area contributed by atoms with E-state index in [-0.39, 0.29) is 23.3 Å². The van der Waals surface area contributed by atoms with Crippen LogP contribution in [-0.4, -0.2) is 71.7 Å². The van der Waals surface area contributed by atoms with Gasteiger partial charge in [-0.25, -0.2) is 9.97 Å². The molecule has 10 nitrogen and oxygen atoms in total. The molecule has 1 aliphatic carbocycles. The molecule has 2 amide bonds. The predicted molar refractivity (Wildman–Crippen MR) is 153 cm³/mol. The molecule has 2 aromatic heterocycles. The van der Waals surface area contributed by atoms with Gasteiger partial charge in [0.1, 0.15) is 6.26 Å². The fraction of sp³-hybridized carbons (Fsp3) is 0.483. The summed E-state index contributed by atoms with van der Waals surface area (Å²) in [5, 5.41) is 6.01. The molecule has 210 valence electrons. The summed E-state index contributed by atoms with van der Waals surface area (Å²) >= 11 is 1.63. The van der Waals surface area contributed by atoms with Crippen LogP contribution in [0.1, 0.15) is 77.6 Å². The minimum absolute atomic E-state index is 0.0286. The number of hydrogen-bond acceptors (Lipinski definition) is 9. The van der Waals surface area contributed by atoms with Crippen molar-refractivity contribution in [2.24, 2.45) is 0 Å². The molecule has 1 N–H and O–H groups in total. The summed E-state index contributed by atoms with van der Waals surface area (Å²) in [6.07, 6.45) is 8.79. The average molecular weight is 563 g/mol. The fourth-order valence-electron chi connectivity index (χ4n) is 5.37. The van der Waals surface area contributed by atoms with E-state index >= 15 is 0 Å². The Bertz CT molecular complexity index is 1360. The van der Waals surface area contributed by atoms with Gasteiger partial charge in [-0.05, 0) is 50.3 Å². The number of rotatable bonds is 11. The smallest absolute Gasteiger partial charge is 0.277 e. The average Bonchev–Trinajstić information content (AvgIpc) is 3.33. The lowest BCUT2D eigenvalue weighted by Crippen LogP contribution is -2.46. The highest BCUT2D eigenvalue weighted by Gasteiger charge is 2.30. The van der Waals surface area contributed by atoms with E-state index in [2.05, 4.69) is 25.1 Å². The zero-order valence-electron chi connectivity index (χ0n) is 22.5. The van der Waals surface area contributed by atoms with E-state index in [1.54, 1.807) is 17.4 Å². The van der Waals surface area contributed by atoms with Crippen LogP contribution in [0.25, 0.3) is 0 Å². The van der Waals surface area contributed by atoms with Crippen LogP contribution in [0.15, 0.2) is 40.5 Å². The van der Waals surface area contributed by atoms with Gasteiger partial charge < -0.3 is 24.4 Å². The van der Waals surface area contributed by atoms with Gasteiger partial charge in [0.2, 0.25) is 5.91 Å². The zero-order chi connectivity index (χ0) is 27.5. The van der Waals surface area contributed by atoms with Gasteiger partial charge in [0.05, 0.1) is 11.4 Å². The summed E-state index contributed by atoms with van der Waals surface area (Å²) < 4.78 is 5.53. The topological polar surface area (TPSA) is 112 Å². The second kappa shape index (κ2) is 11.8. The van der Waals surface area contributed by atoms with Crippen LogP contribution in [0.2, 0.25) is 0 Å². The molecule has 11 heteroatoms. The molecule has 0 unspecified atom stereocenters. The number of thiazole rings is 1. The first kappa shape index (κ1) is 26.5. The van der Waals surface area contributed by atoms with Crippen LogP contribution < -0.4 is 15.1 Å². The zero-order valence-corrected chi connectivity index (χ0v) is 23.3. The molecule has 0 atom stereocenters. The molecule has 3 aliphatic rings. The quantitative estimate of drug-likeness (QED) is 0.267. The molecule has 2 saturated heterocycles. The van der Waals surface area contributed by atoms with Gasteiger partial charge >= 0.3 is 0 Å². The summed E-state index contributed by atoms with van der Waals surface area (Å²) in [5.41, 5.74) is 2.28. The van der Waals surface area contributed by atoms with Crippen molar-refractivity contribution in [3.8, 4) is 0 Å². The van der Waals surface area contributed by atoms with E-state index < -0.39 is 0 Å². The Kier molecular flexibility index (Phi) is 7.81. The number of benzene rings is 1. The number of carbonyl (C=O) groups is 3. The molecule has 1 saturated carbocycles. The van der Waals surface area contributed by atoms with Gasteiger partial charge in [-0.1, -0.05) is 0 Å². The third kappa shape index (κ3) is 6.04. The highest BCUT2D eigenvalue weighted by atomic mass is 32.1. The van der Waals surface area contributed by atoms with E-state index in [9.17, 15) is 14.4 Å². The molecule has 4 heterocycles. The number of Topliss-reactive ketones (excluding diaryl/α,β-unsaturated/α-hetero) is 1. The molecule has 1 aromatic carbocycles. The van der Waals surface area contributed by atoms with Crippen molar-refractivity contribution in [2.75, 3.05) is 54.4 Å². The minimum atomic E-state index is -0.349. The third-order valence-corrected chi connectivity index (χ3v) is 8.64. The van der Waals surface area contributed by atoms with E-state index in [0.717, 1.165) is 69.2 Å². The standard InChI is InChI=1S/C29H34N6O4S/c36-25(4-1-2-11-34-12-3-5-26(34)37)21-8-9-24(33-13-15-35(16-14-33)29-30-10-17-40-29)22(18-21)31-27(38)23-19-39-28(32-23)20-6-7-20/h8-10,17-20H,1-7,11-16H2,(H,31,38). The van der Waals surface area contributed by atoms with Gasteiger partial charge in [-0.2, -0.15) is 0 Å². The first-order valence-electron chi connectivity index (χ1n) is 14.2. The summed E-state index contributed by atoms with van der Waals surface area (Å²) in [6.45, 7) is 4.69. The number of nitrogens with zero attached hydrogens (tertiary/aromatic N) is 5. The van der Waals surface area contributed by atoms with Crippen LogP contribution in [0.3, 0.4) is 0 Å². The molecular formula is C29H34N6O4S. The fourth-order valence-corrected chi connectivity index (χ4v) is 6.06. The van der Waals surface area contributed by atoms with Crippen LogP contribution in [0, 0.1) is 0 Å². The molecule has 40 heavy (non-hydrogen) atoms.